The summed E-state index contributed by atoms with van der Waals surface area (Å²) in [6, 6.07) is 18.8. The number of tetrazole rings is 1. The summed E-state index contributed by atoms with van der Waals surface area (Å²) in [5, 5.41) is 14.1. The molecule has 5 rings (SSSR count). The number of ether oxygens (including phenoxy) is 3. The van der Waals surface area contributed by atoms with Crippen LogP contribution < -0.4 is 4.74 Å². The molecule has 9 nitrogen and oxygen atoms in total. The number of ketones is 1. The molecular formula is C31H28F3N5O4. The van der Waals surface area contributed by atoms with Crippen LogP contribution in [-0.4, -0.2) is 43.9 Å². The molecule has 12 heteroatoms. The van der Waals surface area contributed by atoms with E-state index in [1.165, 1.54) is 18.2 Å². The van der Waals surface area contributed by atoms with Crippen LogP contribution in [0.1, 0.15) is 51.6 Å². The van der Waals surface area contributed by atoms with Gasteiger partial charge in [0.05, 0.1) is 6.61 Å². The molecule has 0 saturated carbocycles. The second kappa shape index (κ2) is 13.0. The number of hydrogen-bond acceptors (Lipinski definition) is 7. The molecule has 0 radical (unpaired) electrons. The average molecular weight is 592 g/mol. The molecule has 0 aliphatic heterocycles. The van der Waals surface area contributed by atoms with Crippen molar-refractivity contribution in [3.8, 4) is 5.75 Å². The lowest BCUT2D eigenvalue weighted by molar-refractivity contribution is -0.274. The Balaban J connectivity index is 1.32. The SMILES string of the molecule is CCO[C@@H](OCc1ccc(C=CCn2cc(C(=O)c3ccc(C)cc3)c3cc(OC(F)(F)F)ccc32)cc1)c1nn[nH]n1. The van der Waals surface area contributed by atoms with E-state index in [9.17, 15) is 18.0 Å². The van der Waals surface area contributed by atoms with Crippen LogP contribution in [0.2, 0.25) is 0 Å². The maximum atomic E-state index is 13.4. The van der Waals surface area contributed by atoms with Gasteiger partial charge >= 0.3 is 6.36 Å². The number of aromatic nitrogens is 5. The topological polar surface area (TPSA) is 104 Å². The first-order valence-corrected chi connectivity index (χ1v) is 13.4. The predicted octanol–water partition coefficient (Wildman–Crippen LogP) is 6.56. The minimum absolute atomic E-state index is 0.274. The monoisotopic (exact) mass is 591 g/mol. The first-order chi connectivity index (χ1) is 20.7. The highest BCUT2D eigenvalue weighted by Gasteiger charge is 2.31. The maximum Gasteiger partial charge on any atom is 0.573 e. The van der Waals surface area contributed by atoms with Crippen LogP contribution in [0.4, 0.5) is 13.2 Å². The molecule has 0 unspecified atom stereocenters. The molecular weight excluding hydrogens is 563 g/mol. The molecule has 0 aliphatic rings. The van der Waals surface area contributed by atoms with Gasteiger partial charge in [0.1, 0.15) is 5.75 Å². The number of alkyl halides is 3. The van der Waals surface area contributed by atoms with Gasteiger partial charge in [0.2, 0.25) is 12.1 Å². The maximum absolute atomic E-state index is 13.4. The Morgan fingerprint density at radius 1 is 1.05 bits per heavy atom. The lowest BCUT2D eigenvalue weighted by atomic mass is 10.0. The van der Waals surface area contributed by atoms with E-state index in [0.29, 0.717) is 35.4 Å². The van der Waals surface area contributed by atoms with Gasteiger partial charge in [-0.1, -0.05) is 66.2 Å². The number of aryl methyl sites for hydroxylation is 1. The van der Waals surface area contributed by atoms with Crippen LogP contribution in [-0.2, 0) is 22.6 Å². The summed E-state index contributed by atoms with van der Waals surface area (Å²) in [6.45, 7) is 4.82. The Morgan fingerprint density at radius 2 is 1.81 bits per heavy atom. The molecule has 0 amide bonds. The fourth-order valence-corrected chi connectivity index (χ4v) is 4.48. The summed E-state index contributed by atoms with van der Waals surface area (Å²) in [5.74, 6) is -0.368. The molecule has 2 aromatic heterocycles. The van der Waals surface area contributed by atoms with Crippen molar-refractivity contribution in [3.05, 3.63) is 113 Å². The summed E-state index contributed by atoms with van der Waals surface area (Å²) >= 11 is 0. The number of carbonyl (C=O) groups excluding carboxylic acids is 1. The summed E-state index contributed by atoms with van der Waals surface area (Å²) < 4.78 is 56.0. The van der Waals surface area contributed by atoms with E-state index in [2.05, 4.69) is 25.4 Å². The first-order valence-electron chi connectivity index (χ1n) is 13.4. The number of rotatable bonds is 12. The highest BCUT2D eigenvalue weighted by molar-refractivity contribution is 6.16. The van der Waals surface area contributed by atoms with Gasteiger partial charge in [-0.3, -0.25) is 4.79 Å². The number of hydrogen-bond donors (Lipinski definition) is 1. The summed E-state index contributed by atoms with van der Waals surface area (Å²) in [5.41, 5.74) is 4.16. The van der Waals surface area contributed by atoms with E-state index in [1.807, 2.05) is 67.0 Å². The van der Waals surface area contributed by atoms with Gasteiger partial charge in [0, 0.05) is 41.4 Å². The minimum atomic E-state index is -4.85. The van der Waals surface area contributed by atoms with Gasteiger partial charge in [-0.2, -0.15) is 5.21 Å². The van der Waals surface area contributed by atoms with Crippen LogP contribution in [0, 0.1) is 6.92 Å². The van der Waals surface area contributed by atoms with Crippen molar-refractivity contribution in [2.75, 3.05) is 6.61 Å². The molecule has 5 aromatic rings. The number of nitrogens with one attached hydrogen (secondary N) is 1. The van der Waals surface area contributed by atoms with Crippen molar-refractivity contribution >= 4 is 22.8 Å². The van der Waals surface area contributed by atoms with Crippen LogP contribution in [0.5, 0.6) is 5.75 Å². The molecule has 222 valence electrons. The molecule has 0 bridgehead atoms. The third-order valence-corrected chi connectivity index (χ3v) is 6.53. The quantitative estimate of drug-likeness (QED) is 0.129. The molecule has 1 N–H and O–H groups in total. The van der Waals surface area contributed by atoms with Crippen molar-refractivity contribution in [3.63, 3.8) is 0 Å². The van der Waals surface area contributed by atoms with Crippen molar-refractivity contribution in [2.45, 2.75) is 39.7 Å². The van der Waals surface area contributed by atoms with Crippen molar-refractivity contribution in [1.29, 1.82) is 0 Å². The molecule has 0 saturated heterocycles. The van der Waals surface area contributed by atoms with Gasteiger partial charge in [0.15, 0.2) is 5.78 Å². The lowest BCUT2D eigenvalue weighted by Crippen LogP contribution is -2.17. The van der Waals surface area contributed by atoms with Gasteiger partial charge < -0.3 is 18.8 Å². The molecule has 0 aliphatic carbocycles. The number of halogens is 3. The molecule has 3 aromatic carbocycles. The van der Waals surface area contributed by atoms with Crippen LogP contribution in [0.3, 0.4) is 0 Å². The van der Waals surface area contributed by atoms with Gasteiger partial charge in [-0.25, -0.2) is 0 Å². The number of H-pyrrole nitrogens is 1. The van der Waals surface area contributed by atoms with Crippen LogP contribution >= 0.6 is 0 Å². The number of allylic oxidation sites excluding steroid dienone is 1. The van der Waals surface area contributed by atoms with Gasteiger partial charge in [0.25, 0.3) is 0 Å². The molecule has 2 heterocycles. The Labute approximate surface area is 244 Å². The average Bonchev–Trinajstić information content (AvgIpc) is 3.64. The number of carbonyl (C=O) groups is 1. The predicted molar refractivity (Wildman–Crippen MR) is 152 cm³/mol. The molecule has 0 fully saturated rings. The zero-order valence-electron chi connectivity index (χ0n) is 23.3. The van der Waals surface area contributed by atoms with Gasteiger partial charge in [-0.05, 0) is 48.4 Å². The Kier molecular flexibility index (Phi) is 8.98. The summed E-state index contributed by atoms with van der Waals surface area (Å²) in [6.07, 6.45) is -0.0960. The fraction of sp³-hybridized carbons (Fsp3) is 0.226. The Hall–Kier alpha value is -4.81. The summed E-state index contributed by atoms with van der Waals surface area (Å²) in [7, 11) is 0. The van der Waals surface area contributed by atoms with E-state index in [-0.39, 0.29) is 23.7 Å². The zero-order valence-corrected chi connectivity index (χ0v) is 23.3. The van der Waals surface area contributed by atoms with Crippen LogP contribution in [0.15, 0.2) is 79.0 Å². The van der Waals surface area contributed by atoms with Crippen LogP contribution in [0.25, 0.3) is 17.0 Å². The third-order valence-electron chi connectivity index (χ3n) is 6.53. The Bertz CT molecular complexity index is 1700. The van der Waals surface area contributed by atoms with E-state index < -0.39 is 12.7 Å². The normalized spacial score (nSPS) is 12.7. The van der Waals surface area contributed by atoms with Gasteiger partial charge in [-0.15, -0.1) is 23.4 Å². The Morgan fingerprint density at radius 3 is 2.49 bits per heavy atom. The lowest BCUT2D eigenvalue weighted by Gasteiger charge is -2.14. The largest absolute Gasteiger partial charge is 0.573 e. The van der Waals surface area contributed by atoms with E-state index in [1.54, 1.807) is 18.3 Å². The third kappa shape index (κ3) is 7.53. The zero-order chi connectivity index (χ0) is 30.4. The molecule has 0 spiro atoms. The van der Waals surface area contributed by atoms with Crippen molar-refractivity contribution in [1.82, 2.24) is 25.2 Å². The van der Waals surface area contributed by atoms with Crippen molar-refractivity contribution < 1.29 is 32.2 Å². The molecule has 43 heavy (non-hydrogen) atoms. The van der Waals surface area contributed by atoms with E-state index in [0.717, 1.165) is 16.7 Å². The highest BCUT2D eigenvalue weighted by Crippen LogP contribution is 2.31. The first kappa shape index (κ1) is 29.7. The highest BCUT2D eigenvalue weighted by atomic mass is 19.4. The fourth-order valence-electron chi connectivity index (χ4n) is 4.48. The number of fused-ring (bicyclic) bond motifs is 1. The number of aromatic amines is 1. The summed E-state index contributed by atoms with van der Waals surface area (Å²) in [4.78, 5) is 13.4. The second-order valence-corrected chi connectivity index (χ2v) is 9.63. The second-order valence-electron chi connectivity index (χ2n) is 9.63. The number of nitrogens with zero attached hydrogens (tertiary/aromatic N) is 4. The minimum Gasteiger partial charge on any atom is -0.406 e. The van der Waals surface area contributed by atoms with E-state index in [4.69, 9.17) is 9.47 Å². The molecule has 1 atom stereocenters. The smallest absolute Gasteiger partial charge is 0.406 e. The standard InChI is InChI=1S/C31H28F3N5O4/c1-3-41-30(29-35-37-38-36-29)42-19-22-10-8-21(9-11-22)5-4-16-39-18-26(28(40)23-12-6-20(2)7-13-23)25-17-24(14-15-27(25)39)43-31(32,33)34/h4-15,17-18,30H,3,16,19H2,1-2H3,(H,35,36,37,38)/t30-/m0/s1. The number of benzene rings is 3. The van der Waals surface area contributed by atoms with Crippen molar-refractivity contribution in [2.24, 2.45) is 0 Å². The van der Waals surface area contributed by atoms with E-state index >= 15 is 0 Å².